The van der Waals surface area contributed by atoms with E-state index in [0.29, 0.717) is 47.3 Å². The Balaban J connectivity index is 1.87. The van der Waals surface area contributed by atoms with Crippen molar-refractivity contribution in [1.82, 2.24) is 8.94 Å². The topological polar surface area (TPSA) is 93.3 Å². The number of anilines is 1. The monoisotopic (exact) mass is 418 g/mol. The molecule has 154 valence electrons. The van der Waals surface area contributed by atoms with Gasteiger partial charge in [0.15, 0.2) is 11.6 Å². The number of rotatable bonds is 4. The molecule has 5 rings (SSSR count). The van der Waals surface area contributed by atoms with Crippen LogP contribution in [0.15, 0.2) is 15.7 Å². The molecule has 1 saturated heterocycles. The maximum atomic E-state index is 15.3. The largest absolute Gasteiger partial charge is 0.492 e. The van der Waals surface area contributed by atoms with Crippen LogP contribution in [0, 0.1) is 17.7 Å². The quantitative estimate of drug-likeness (QED) is 0.679. The molecule has 2 aromatic heterocycles. The number of nitrogens with two attached hydrogens (primary N) is 1. The second-order valence-corrected chi connectivity index (χ2v) is 8.95. The summed E-state index contributed by atoms with van der Waals surface area (Å²) >= 11 is 1.15. The van der Waals surface area contributed by atoms with E-state index in [2.05, 4.69) is 11.3 Å². The van der Waals surface area contributed by atoms with Gasteiger partial charge in [-0.05, 0) is 48.8 Å². The van der Waals surface area contributed by atoms with Crippen LogP contribution in [0.1, 0.15) is 25.8 Å². The number of aromatic amines is 1. The first-order valence-electron chi connectivity index (χ1n) is 9.87. The SMILES string of the molecule is COc1c(N2CC(C)C(CN)C2)c(F)cc2c(=O)c3c(=O)[nH]sc3n(C3CC3)c12. The van der Waals surface area contributed by atoms with E-state index in [-0.39, 0.29) is 22.7 Å². The molecular formula is C20H23FN4O3S. The second-order valence-electron chi connectivity index (χ2n) is 8.16. The highest BCUT2D eigenvalue weighted by atomic mass is 32.1. The molecule has 0 radical (unpaired) electrons. The Morgan fingerprint density at radius 3 is 2.72 bits per heavy atom. The zero-order valence-electron chi connectivity index (χ0n) is 16.3. The van der Waals surface area contributed by atoms with Crippen molar-refractivity contribution >= 4 is 38.3 Å². The lowest BCUT2D eigenvalue weighted by Gasteiger charge is -2.24. The molecule has 3 aromatic rings. The number of ether oxygens (including phenoxy) is 1. The lowest BCUT2D eigenvalue weighted by molar-refractivity contribution is 0.414. The molecule has 2 atom stereocenters. The van der Waals surface area contributed by atoms with Crippen molar-refractivity contribution in [2.75, 3.05) is 31.6 Å². The number of H-pyrrole nitrogens is 1. The average Bonchev–Trinajstić information content (AvgIpc) is 3.36. The molecule has 2 fully saturated rings. The van der Waals surface area contributed by atoms with E-state index in [1.54, 1.807) is 0 Å². The van der Waals surface area contributed by atoms with Gasteiger partial charge in [-0.15, -0.1) is 0 Å². The molecule has 0 amide bonds. The highest BCUT2D eigenvalue weighted by Crippen LogP contribution is 2.46. The van der Waals surface area contributed by atoms with E-state index >= 15 is 4.39 Å². The van der Waals surface area contributed by atoms with E-state index in [9.17, 15) is 9.59 Å². The normalized spacial score (nSPS) is 22.1. The zero-order chi connectivity index (χ0) is 20.4. The molecular weight excluding hydrogens is 395 g/mol. The standard InChI is InChI=1S/C20H23FN4O3S/c1-9-7-24(8-10(9)6-22)16-13(21)5-12-15(18(16)28-2)25(11-3-4-11)20-14(17(12)26)19(27)23-29-20/h5,9-11H,3-4,6-8,22H2,1-2H3,(H,23,27). The molecule has 3 N–H and O–H groups in total. The average molecular weight is 418 g/mol. The molecule has 1 aliphatic carbocycles. The minimum absolute atomic E-state index is 0.0987. The predicted octanol–water partition coefficient (Wildman–Crippen LogP) is 2.42. The summed E-state index contributed by atoms with van der Waals surface area (Å²) in [5, 5.41) is 0.288. The summed E-state index contributed by atoms with van der Waals surface area (Å²) in [7, 11) is 1.50. The van der Waals surface area contributed by atoms with E-state index in [1.165, 1.54) is 13.2 Å². The lowest BCUT2D eigenvalue weighted by atomic mass is 9.99. The fourth-order valence-electron chi connectivity index (χ4n) is 4.61. The first-order valence-corrected chi connectivity index (χ1v) is 10.7. The molecule has 3 heterocycles. The van der Waals surface area contributed by atoms with Crippen LogP contribution in [0.2, 0.25) is 0 Å². The van der Waals surface area contributed by atoms with Gasteiger partial charge in [0.25, 0.3) is 5.56 Å². The third-order valence-corrected chi connectivity index (χ3v) is 7.18. The smallest absolute Gasteiger partial charge is 0.271 e. The first-order chi connectivity index (χ1) is 14.0. The second kappa shape index (κ2) is 6.56. The van der Waals surface area contributed by atoms with Crippen LogP contribution >= 0.6 is 11.5 Å². The van der Waals surface area contributed by atoms with Gasteiger partial charge in [-0.2, -0.15) is 0 Å². The van der Waals surface area contributed by atoms with Crippen LogP contribution in [0.3, 0.4) is 0 Å². The third-order valence-electron chi connectivity index (χ3n) is 6.30. The van der Waals surface area contributed by atoms with Crippen molar-refractivity contribution in [3.63, 3.8) is 0 Å². The Labute approximate surface area is 170 Å². The van der Waals surface area contributed by atoms with Gasteiger partial charge < -0.3 is 19.9 Å². The Bertz CT molecular complexity index is 1240. The summed E-state index contributed by atoms with van der Waals surface area (Å²) in [5.41, 5.74) is 5.96. The van der Waals surface area contributed by atoms with Gasteiger partial charge in [0.1, 0.15) is 15.9 Å². The molecule has 0 bridgehead atoms. The lowest BCUT2D eigenvalue weighted by Crippen LogP contribution is -2.25. The molecule has 2 unspecified atom stereocenters. The molecule has 1 aliphatic heterocycles. The van der Waals surface area contributed by atoms with Gasteiger partial charge >= 0.3 is 0 Å². The van der Waals surface area contributed by atoms with Crippen molar-refractivity contribution in [3.8, 4) is 5.75 Å². The number of methoxy groups -OCH3 is 1. The van der Waals surface area contributed by atoms with E-state index in [4.69, 9.17) is 10.5 Å². The summed E-state index contributed by atoms with van der Waals surface area (Å²) in [5.74, 6) is 0.460. The maximum Gasteiger partial charge on any atom is 0.271 e. The molecule has 7 nitrogen and oxygen atoms in total. The van der Waals surface area contributed by atoms with Crippen molar-refractivity contribution in [2.45, 2.75) is 25.8 Å². The fourth-order valence-corrected chi connectivity index (χ4v) is 5.53. The molecule has 1 saturated carbocycles. The number of aromatic nitrogens is 2. The number of fused-ring (bicyclic) bond motifs is 2. The Hall–Kier alpha value is -2.39. The van der Waals surface area contributed by atoms with Crippen LogP contribution in [0.5, 0.6) is 5.75 Å². The third kappa shape index (κ3) is 2.63. The highest BCUT2D eigenvalue weighted by Gasteiger charge is 2.35. The summed E-state index contributed by atoms with van der Waals surface area (Å²) in [6.07, 6.45) is 1.90. The summed E-state index contributed by atoms with van der Waals surface area (Å²) in [4.78, 5) is 27.9. The number of halogens is 1. The molecule has 29 heavy (non-hydrogen) atoms. The van der Waals surface area contributed by atoms with Gasteiger partial charge in [-0.25, -0.2) is 4.39 Å². The number of nitrogens with zero attached hydrogens (tertiary/aromatic N) is 2. The van der Waals surface area contributed by atoms with Crippen LogP contribution in [0.4, 0.5) is 10.1 Å². The van der Waals surface area contributed by atoms with Gasteiger partial charge in [0.2, 0.25) is 5.43 Å². The number of nitrogens with one attached hydrogen (secondary N) is 1. The van der Waals surface area contributed by atoms with Crippen LogP contribution in [0.25, 0.3) is 21.1 Å². The Morgan fingerprint density at radius 2 is 2.10 bits per heavy atom. The van der Waals surface area contributed by atoms with Gasteiger partial charge in [-0.1, -0.05) is 6.92 Å². The maximum absolute atomic E-state index is 15.3. The summed E-state index contributed by atoms with van der Waals surface area (Å²) in [6, 6.07) is 1.44. The van der Waals surface area contributed by atoms with E-state index < -0.39 is 16.8 Å². The Kier molecular flexibility index (Phi) is 4.22. The van der Waals surface area contributed by atoms with Crippen molar-refractivity contribution in [3.05, 3.63) is 32.5 Å². The molecule has 1 aromatic carbocycles. The molecule has 2 aliphatic rings. The van der Waals surface area contributed by atoms with Crippen LogP contribution in [-0.4, -0.2) is 35.7 Å². The van der Waals surface area contributed by atoms with E-state index in [0.717, 1.165) is 24.4 Å². The van der Waals surface area contributed by atoms with Crippen molar-refractivity contribution in [2.24, 2.45) is 17.6 Å². The minimum Gasteiger partial charge on any atom is -0.492 e. The van der Waals surface area contributed by atoms with Crippen LogP contribution < -0.4 is 26.4 Å². The van der Waals surface area contributed by atoms with Gasteiger partial charge in [0.05, 0.1) is 18.0 Å². The number of pyridine rings is 1. The summed E-state index contributed by atoms with van der Waals surface area (Å²) < 4.78 is 25.7. The predicted molar refractivity (Wildman–Crippen MR) is 113 cm³/mol. The van der Waals surface area contributed by atoms with Crippen molar-refractivity contribution in [1.29, 1.82) is 0 Å². The molecule has 9 heteroatoms. The first kappa shape index (κ1) is 18.6. The number of benzene rings is 1. The Morgan fingerprint density at radius 1 is 1.34 bits per heavy atom. The fraction of sp³-hybridized carbons (Fsp3) is 0.500. The zero-order valence-corrected chi connectivity index (χ0v) is 17.1. The molecule has 0 spiro atoms. The minimum atomic E-state index is -0.510. The number of hydrogen-bond acceptors (Lipinski definition) is 6. The number of hydrogen-bond donors (Lipinski definition) is 2. The highest BCUT2D eigenvalue weighted by molar-refractivity contribution is 7.12. The van der Waals surface area contributed by atoms with Gasteiger partial charge in [0, 0.05) is 19.1 Å². The van der Waals surface area contributed by atoms with Gasteiger partial charge in [-0.3, -0.25) is 14.0 Å². The van der Waals surface area contributed by atoms with Crippen LogP contribution in [-0.2, 0) is 0 Å². The van der Waals surface area contributed by atoms with E-state index in [1.807, 2.05) is 9.47 Å². The van der Waals surface area contributed by atoms with Crippen molar-refractivity contribution < 1.29 is 9.13 Å². The summed E-state index contributed by atoms with van der Waals surface area (Å²) in [6.45, 7) is 3.97.